The number of aromatic amines is 1. The summed E-state index contributed by atoms with van der Waals surface area (Å²) in [5.74, 6) is -1.09. The number of hydrogen-bond donors (Lipinski definition) is 1. The second kappa shape index (κ2) is 7.05. The maximum absolute atomic E-state index is 14.6. The summed E-state index contributed by atoms with van der Waals surface area (Å²) in [4.78, 5) is 6.03. The first-order valence-corrected chi connectivity index (χ1v) is 7.56. The molecule has 4 nitrogen and oxygen atoms in total. The molecule has 1 heterocycles. The minimum Gasteiger partial charge on any atom is -0.501 e. The van der Waals surface area contributed by atoms with Crippen LogP contribution in [0.25, 0.3) is 21.8 Å². The highest BCUT2D eigenvalue weighted by Crippen LogP contribution is 2.36. The van der Waals surface area contributed by atoms with Crippen molar-refractivity contribution < 1.29 is 18.3 Å². The summed E-state index contributed by atoms with van der Waals surface area (Å²) in [5, 5.41) is 0.750. The third-order valence-electron chi connectivity index (χ3n) is 3.56. The average molecular weight is 340 g/mol. The molecule has 0 aliphatic rings. The average Bonchev–Trinajstić information content (AvgIpc) is 3.07. The Kier molecular flexibility index (Phi) is 4.66. The SMILES string of the molecule is [C-]#[N+]c1cc(Oc2c(F)cc3[nH]ccc3c2/C=C/OCC)ccc1F. The fourth-order valence-electron chi connectivity index (χ4n) is 2.42. The Hall–Kier alpha value is -3.33. The molecule has 0 amide bonds. The summed E-state index contributed by atoms with van der Waals surface area (Å²) in [7, 11) is 0. The molecule has 3 aromatic rings. The van der Waals surface area contributed by atoms with E-state index in [1.807, 2.05) is 6.92 Å². The summed E-state index contributed by atoms with van der Waals surface area (Å²) in [6, 6.07) is 6.82. The van der Waals surface area contributed by atoms with Crippen LogP contribution in [0.4, 0.5) is 14.5 Å². The van der Waals surface area contributed by atoms with Gasteiger partial charge >= 0.3 is 0 Å². The van der Waals surface area contributed by atoms with Crippen LogP contribution in [0.1, 0.15) is 12.5 Å². The van der Waals surface area contributed by atoms with E-state index in [4.69, 9.17) is 16.0 Å². The lowest BCUT2D eigenvalue weighted by Gasteiger charge is -2.12. The molecule has 0 bridgehead atoms. The molecule has 1 aromatic heterocycles. The second-order valence-corrected chi connectivity index (χ2v) is 5.13. The Morgan fingerprint density at radius 1 is 1.20 bits per heavy atom. The van der Waals surface area contributed by atoms with Gasteiger partial charge in [0.2, 0.25) is 5.69 Å². The standard InChI is InChI=1S/C19H14F2N2O2/c1-3-24-9-7-14-13-6-8-23-17(13)11-16(21)19(14)25-12-4-5-15(20)18(10-12)22-2/h4-11,23H,3H2,1H3/b9-7+. The number of hydrogen-bond acceptors (Lipinski definition) is 2. The third kappa shape index (κ3) is 3.31. The highest BCUT2D eigenvalue weighted by molar-refractivity contribution is 5.91. The maximum Gasteiger partial charge on any atom is 0.225 e. The summed E-state index contributed by atoms with van der Waals surface area (Å²) in [6.07, 6.45) is 4.77. The van der Waals surface area contributed by atoms with Crippen molar-refractivity contribution in [1.29, 1.82) is 0 Å². The van der Waals surface area contributed by atoms with Gasteiger partial charge in [0.05, 0.1) is 19.4 Å². The number of H-pyrrole nitrogens is 1. The smallest absolute Gasteiger partial charge is 0.225 e. The number of rotatable bonds is 5. The van der Waals surface area contributed by atoms with Gasteiger partial charge in [0.1, 0.15) is 11.6 Å². The van der Waals surface area contributed by atoms with Gasteiger partial charge < -0.3 is 14.5 Å². The zero-order valence-electron chi connectivity index (χ0n) is 13.3. The van der Waals surface area contributed by atoms with E-state index >= 15 is 0 Å². The van der Waals surface area contributed by atoms with E-state index in [2.05, 4.69) is 9.83 Å². The number of aromatic nitrogens is 1. The Morgan fingerprint density at radius 3 is 2.80 bits per heavy atom. The molecule has 1 N–H and O–H groups in total. The van der Waals surface area contributed by atoms with Crippen LogP contribution in [0.5, 0.6) is 11.5 Å². The largest absolute Gasteiger partial charge is 0.501 e. The van der Waals surface area contributed by atoms with Crippen molar-refractivity contribution in [3.8, 4) is 11.5 Å². The van der Waals surface area contributed by atoms with Crippen molar-refractivity contribution in [3.63, 3.8) is 0 Å². The molecule has 0 fully saturated rings. The summed E-state index contributed by atoms with van der Waals surface area (Å²) in [6.45, 7) is 9.28. The van der Waals surface area contributed by atoms with Crippen molar-refractivity contribution in [1.82, 2.24) is 4.98 Å². The monoisotopic (exact) mass is 340 g/mol. The number of ether oxygens (including phenoxy) is 2. The maximum atomic E-state index is 14.6. The van der Waals surface area contributed by atoms with E-state index in [9.17, 15) is 8.78 Å². The Morgan fingerprint density at radius 2 is 2.04 bits per heavy atom. The van der Waals surface area contributed by atoms with Crippen molar-refractivity contribution in [3.05, 3.63) is 71.4 Å². The second-order valence-electron chi connectivity index (χ2n) is 5.13. The van der Waals surface area contributed by atoms with Crippen LogP contribution in [0.15, 0.2) is 42.8 Å². The summed E-state index contributed by atoms with van der Waals surface area (Å²) in [5.41, 5.74) is 0.910. The highest BCUT2D eigenvalue weighted by atomic mass is 19.1. The first-order valence-electron chi connectivity index (χ1n) is 7.56. The van der Waals surface area contributed by atoms with Crippen molar-refractivity contribution in [2.75, 3.05) is 6.61 Å². The van der Waals surface area contributed by atoms with Crippen LogP contribution in [-0.4, -0.2) is 11.6 Å². The van der Waals surface area contributed by atoms with Gasteiger partial charge in [0.15, 0.2) is 11.6 Å². The van der Waals surface area contributed by atoms with Gasteiger partial charge in [-0.25, -0.2) is 13.6 Å². The Labute approximate surface area is 143 Å². The zero-order valence-corrected chi connectivity index (χ0v) is 13.3. The minimum atomic E-state index is -0.652. The number of halogens is 2. The molecule has 126 valence electrons. The van der Waals surface area contributed by atoms with Crippen LogP contribution < -0.4 is 4.74 Å². The number of nitrogens with one attached hydrogen (secondary N) is 1. The lowest BCUT2D eigenvalue weighted by atomic mass is 10.1. The van der Waals surface area contributed by atoms with Gasteiger partial charge in [0, 0.05) is 28.7 Å². The predicted molar refractivity (Wildman–Crippen MR) is 91.7 cm³/mol. The fraction of sp³-hybridized carbons (Fsp3) is 0.105. The van der Waals surface area contributed by atoms with Gasteiger partial charge in [-0.1, -0.05) is 0 Å². The third-order valence-corrected chi connectivity index (χ3v) is 3.56. The van der Waals surface area contributed by atoms with Gasteiger partial charge in [-0.3, -0.25) is 0 Å². The van der Waals surface area contributed by atoms with E-state index in [0.717, 1.165) is 11.5 Å². The van der Waals surface area contributed by atoms with E-state index in [1.165, 1.54) is 24.5 Å². The molecule has 0 atom stereocenters. The molecule has 0 aliphatic carbocycles. The van der Waals surface area contributed by atoms with E-state index < -0.39 is 11.6 Å². The van der Waals surface area contributed by atoms with Crippen LogP contribution in [0.2, 0.25) is 0 Å². The van der Waals surface area contributed by atoms with Gasteiger partial charge in [-0.05, 0) is 37.3 Å². The molecule has 0 spiro atoms. The molecule has 0 aliphatic heterocycles. The number of nitrogens with zero attached hydrogens (tertiary/aromatic N) is 1. The van der Waals surface area contributed by atoms with Gasteiger partial charge in [-0.15, -0.1) is 0 Å². The predicted octanol–water partition coefficient (Wildman–Crippen LogP) is 5.80. The molecule has 25 heavy (non-hydrogen) atoms. The van der Waals surface area contributed by atoms with Crippen molar-refractivity contribution in [2.45, 2.75) is 6.92 Å². The Balaban J connectivity index is 2.10. The summed E-state index contributed by atoms with van der Waals surface area (Å²) >= 11 is 0. The van der Waals surface area contributed by atoms with Crippen molar-refractivity contribution in [2.24, 2.45) is 0 Å². The zero-order chi connectivity index (χ0) is 17.8. The molecule has 0 saturated carbocycles. The molecule has 0 unspecified atom stereocenters. The van der Waals surface area contributed by atoms with Crippen LogP contribution in [-0.2, 0) is 4.74 Å². The normalized spacial score (nSPS) is 11.0. The summed E-state index contributed by atoms with van der Waals surface area (Å²) < 4.78 is 38.9. The van der Waals surface area contributed by atoms with Gasteiger partial charge in [0.25, 0.3) is 0 Å². The Bertz CT molecular complexity index is 987. The molecule has 0 radical (unpaired) electrons. The van der Waals surface area contributed by atoms with E-state index in [0.29, 0.717) is 17.7 Å². The van der Waals surface area contributed by atoms with Crippen molar-refractivity contribution >= 4 is 22.7 Å². The van der Waals surface area contributed by atoms with Crippen LogP contribution >= 0.6 is 0 Å². The molecular formula is C19H14F2N2O2. The number of fused-ring (bicyclic) bond motifs is 1. The molecule has 6 heteroatoms. The van der Waals surface area contributed by atoms with E-state index in [-0.39, 0.29) is 17.2 Å². The molecule has 0 saturated heterocycles. The number of benzene rings is 2. The lowest BCUT2D eigenvalue weighted by molar-refractivity contribution is 0.272. The molecule has 2 aromatic carbocycles. The van der Waals surface area contributed by atoms with Crippen LogP contribution in [0, 0.1) is 18.2 Å². The van der Waals surface area contributed by atoms with Gasteiger partial charge in [-0.2, -0.15) is 0 Å². The van der Waals surface area contributed by atoms with Crippen LogP contribution in [0.3, 0.4) is 0 Å². The first kappa shape index (κ1) is 16.5. The first-order chi connectivity index (χ1) is 12.1. The highest BCUT2D eigenvalue weighted by Gasteiger charge is 2.16. The fourth-order valence-corrected chi connectivity index (χ4v) is 2.42. The molecular weight excluding hydrogens is 326 g/mol. The quantitative estimate of drug-likeness (QED) is 0.471. The van der Waals surface area contributed by atoms with E-state index in [1.54, 1.807) is 18.3 Å². The minimum absolute atomic E-state index is 0.0226. The topological polar surface area (TPSA) is 38.6 Å². The lowest BCUT2D eigenvalue weighted by Crippen LogP contribution is -1.94. The molecule has 3 rings (SSSR count).